The van der Waals surface area contributed by atoms with E-state index in [-0.39, 0.29) is 11.4 Å². The van der Waals surface area contributed by atoms with Gasteiger partial charge in [-0.25, -0.2) is 0 Å². The van der Waals surface area contributed by atoms with Crippen LogP contribution in [0.1, 0.15) is 18.9 Å². The van der Waals surface area contributed by atoms with Crippen LogP contribution in [-0.4, -0.2) is 30.8 Å². The Hall–Kier alpha value is -2.64. The summed E-state index contributed by atoms with van der Waals surface area (Å²) in [6, 6.07) is 13.9. The number of carbonyl (C=O) groups is 1. The van der Waals surface area contributed by atoms with Crippen LogP contribution in [0.15, 0.2) is 53.1 Å². The molecular weight excluding hydrogens is 434 g/mol. The molecule has 4 rings (SSSR count). The monoisotopic (exact) mass is 455 g/mol. The maximum Gasteiger partial charge on any atom is 0.306 e. The van der Waals surface area contributed by atoms with Crippen LogP contribution < -0.4 is 11.1 Å². The van der Waals surface area contributed by atoms with Gasteiger partial charge in [0.1, 0.15) is 0 Å². The van der Waals surface area contributed by atoms with E-state index in [4.69, 9.17) is 15.2 Å². The average Bonchev–Trinajstić information content (AvgIpc) is 2.68. The average molecular weight is 456 g/mol. The molecule has 2 aromatic carbocycles. The fourth-order valence-corrected chi connectivity index (χ4v) is 3.94. The third kappa shape index (κ3) is 3.93. The lowest BCUT2D eigenvalue weighted by Crippen LogP contribution is -2.48. The molecule has 29 heavy (non-hydrogen) atoms. The predicted molar refractivity (Wildman–Crippen MR) is 117 cm³/mol. The molecule has 7 heteroatoms. The van der Waals surface area contributed by atoms with Crippen molar-refractivity contribution in [1.82, 2.24) is 4.98 Å². The number of esters is 1. The highest BCUT2D eigenvalue weighted by Gasteiger charge is 2.42. The van der Waals surface area contributed by atoms with Crippen molar-refractivity contribution in [3.05, 3.63) is 58.7 Å². The van der Waals surface area contributed by atoms with Crippen LogP contribution in [0.25, 0.3) is 10.9 Å². The van der Waals surface area contributed by atoms with Crippen molar-refractivity contribution in [2.45, 2.75) is 18.8 Å². The van der Waals surface area contributed by atoms with Crippen LogP contribution in [0.4, 0.5) is 17.1 Å². The molecule has 0 saturated carbocycles. The van der Waals surface area contributed by atoms with Crippen molar-refractivity contribution in [2.75, 3.05) is 30.9 Å². The minimum atomic E-state index is -0.308. The van der Waals surface area contributed by atoms with Gasteiger partial charge >= 0.3 is 5.97 Å². The molecule has 0 bridgehead atoms. The highest BCUT2D eigenvalue weighted by molar-refractivity contribution is 9.10. The van der Waals surface area contributed by atoms with Gasteiger partial charge in [0.25, 0.3) is 0 Å². The number of nitrogens with zero attached hydrogens (tertiary/aromatic N) is 1. The van der Waals surface area contributed by atoms with Crippen LogP contribution in [0.5, 0.6) is 0 Å². The number of carbonyl (C=O) groups excluding carboxylic acids is 1. The van der Waals surface area contributed by atoms with Gasteiger partial charge in [0, 0.05) is 15.5 Å². The molecular formula is C22H22BrN3O3. The summed E-state index contributed by atoms with van der Waals surface area (Å²) >= 11 is 3.51. The van der Waals surface area contributed by atoms with Gasteiger partial charge in [-0.05, 0) is 42.8 Å². The minimum Gasteiger partial charge on any atom is -0.466 e. The molecule has 1 aliphatic heterocycles. The molecule has 1 saturated heterocycles. The second-order valence-corrected chi connectivity index (χ2v) is 8.12. The third-order valence-corrected chi connectivity index (χ3v) is 5.66. The van der Waals surface area contributed by atoms with Crippen molar-refractivity contribution in [3.63, 3.8) is 0 Å². The molecule has 1 aromatic heterocycles. The Morgan fingerprint density at radius 3 is 2.69 bits per heavy atom. The summed E-state index contributed by atoms with van der Waals surface area (Å²) in [5, 5.41) is 4.35. The summed E-state index contributed by atoms with van der Waals surface area (Å²) in [7, 11) is 0. The first-order chi connectivity index (χ1) is 14.0. The second-order valence-electron chi connectivity index (χ2n) is 7.21. The molecule has 1 fully saturated rings. The molecule has 0 spiro atoms. The van der Waals surface area contributed by atoms with Gasteiger partial charge in [-0.2, -0.15) is 0 Å². The van der Waals surface area contributed by atoms with E-state index in [1.165, 1.54) is 0 Å². The Morgan fingerprint density at radius 1 is 1.28 bits per heavy atom. The zero-order chi connectivity index (χ0) is 20.4. The molecule has 0 radical (unpaired) electrons. The summed E-state index contributed by atoms with van der Waals surface area (Å²) in [6.45, 7) is 3.24. The maximum atomic E-state index is 12.0. The van der Waals surface area contributed by atoms with Gasteiger partial charge in [-0.1, -0.05) is 28.1 Å². The Balaban J connectivity index is 1.59. The number of nitrogens with one attached hydrogen (secondary N) is 1. The highest BCUT2D eigenvalue weighted by atomic mass is 79.9. The number of anilines is 3. The summed E-state index contributed by atoms with van der Waals surface area (Å²) in [5.41, 5.74) is 10.1. The van der Waals surface area contributed by atoms with E-state index >= 15 is 0 Å². The third-order valence-electron chi connectivity index (χ3n) is 5.17. The Kier molecular flexibility index (Phi) is 5.43. The molecule has 0 atom stereocenters. The number of pyridine rings is 1. The number of fused-ring (bicyclic) bond motifs is 1. The summed E-state index contributed by atoms with van der Waals surface area (Å²) in [4.78, 5) is 16.4. The van der Waals surface area contributed by atoms with Crippen LogP contribution in [0.2, 0.25) is 0 Å². The molecule has 0 amide bonds. The molecule has 3 aromatic rings. The highest BCUT2D eigenvalue weighted by Crippen LogP contribution is 2.38. The fraction of sp³-hybridized carbons (Fsp3) is 0.273. The Labute approximate surface area is 177 Å². The van der Waals surface area contributed by atoms with E-state index < -0.39 is 0 Å². The number of halogens is 1. The first-order valence-corrected chi connectivity index (χ1v) is 10.2. The number of hydrogen-bond acceptors (Lipinski definition) is 6. The molecule has 150 valence electrons. The lowest BCUT2D eigenvalue weighted by Gasteiger charge is -2.41. The van der Waals surface area contributed by atoms with Crippen LogP contribution in [0, 0.1) is 0 Å². The number of benzene rings is 2. The number of nitrogen functional groups attached to an aromatic ring is 1. The van der Waals surface area contributed by atoms with Crippen molar-refractivity contribution < 1.29 is 14.3 Å². The maximum absolute atomic E-state index is 12.0. The van der Waals surface area contributed by atoms with Gasteiger partial charge in [0.2, 0.25) is 0 Å². The van der Waals surface area contributed by atoms with Crippen molar-refractivity contribution >= 4 is 49.9 Å². The van der Waals surface area contributed by atoms with Gasteiger partial charge < -0.3 is 20.5 Å². The van der Waals surface area contributed by atoms with Gasteiger partial charge in [0.05, 0.1) is 54.7 Å². The van der Waals surface area contributed by atoms with Crippen molar-refractivity contribution in [1.29, 1.82) is 0 Å². The zero-order valence-electron chi connectivity index (χ0n) is 16.1. The van der Waals surface area contributed by atoms with Gasteiger partial charge in [-0.3, -0.25) is 9.78 Å². The van der Waals surface area contributed by atoms with E-state index in [1.807, 2.05) is 49.4 Å². The van der Waals surface area contributed by atoms with Gasteiger partial charge in [0.15, 0.2) is 0 Å². The van der Waals surface area contributed by atoms with Crippen LogP contribution in [-0.2, 0) is 19.7 Å². The van der Waals surface area contributed by atoms with E-state index in [0.717, 1.165) is 32.3 Å². The quantitative estimate of drug-likeness (QED) is 0.530. The summed E-state index contributed by atoms with van der Waals surface area (Å²) in [6.07, 6.45) is 1.98. The molecule has 6 nitrogen and oxygen atoms in total. The summed E-state index contributed by atoms with van der Waals surface area (Å²) in [5.74, 6) is -0.195. The first-order valence-electron chi connectivity index (χ1n) is 9.45. The summed E-state index contributed by atoms with van der Waals surface area (Å²) < 4.78 is 11.5. The number of ether oxygens (including phenoxy) is 2. The van der Waals surface area contributed by atoms with Crippen LogP contribution >= 0.6 is 15.9 Å². The molecule has 3 N–H and O–H groups in total. The Morgan fingerprint density at radius 2 is 2.03 bits per heavy atom. The lowest BCUT2D eigenvalue weighted by molar-refractivity contribution is -0.151. The molecule has 2 heterocycles. The van der Waals surface area contributed by atoms with Crippen molar-refractivity contribution in [2.24, 2.45) is 0 Å². The number of aromatic nitrogens is 1. The number of rotatable bonds is 6. The second kappa shape index (κ2) is 8.00. The van der Waals surface area contributed by atoms with E-state index in [2.05, 4.69) is 26.2 Å². The Bertz CT molecular complexity index is 1040. The van der Waals surface area contributed by atoms with Gasteiger partial charge in [-0.15, -0.1) is 0 Å². The van der Waals surface area contributed by atoms with Crippen LogP contribution in [0.3, 0.4) is 0 Å². The smallest absolute Gasteiger partial charge is 0.306 e. The standard InChI is InChI=1S/C22H22BrN3O3/c1-2-29-20(27)10-22(12-28-13-22)14-3-6-16(7-4-14)26-21-17-9-15(23)5-8-19(17)25-11-18(21)24/h3-9,11H,2,10,12-13,24H2,1H3,(H,25,26). The van der Waals surface area contributed by atoms with E-state index in [0.29, 0.717) is 31.9 Å². The zero-order valence-corrected chi connectivity index (χ0v) is 17.7. The molecule has 1 aliphatic rings. The fourth-order valence-electron chi connectivity index (χ4n) is 3.58. The molecule has 0 unspecified atom stereocenters. The van der Waals surface area contributed by atoms with E-state index in [1.54, 1.807) is 6.20 Å². The first kappa shape index (κ1) is 19.7. The largest absolute Gasteiger partial charge is 0.466 e. The van der Waals surface area contributed by atoms with Crippen molar-refractivity contribution in [3.8, 4) is 0 Å². The number of hydrogen-bond donors (Lipinski definition) is 2. The predicted octanol–water partition coefficient (Wildman–Crippen LogP) is 4.54. The van der Waals surface area contributed by atoms with E-state index in [9.17, 15) is 4.79 Å². The molecule has 0 aliphatic carbocycles. The number of nitrogens with two attached hydrogens (primary N) is 1. The normalized spacial score (nSPS) is 15.0. The SMILES string of the molecule is CCOC(=O)CC1(c2ccc(Nc3c(N)cnc4ccc(Br)cc34)cc2)COC1. The lowest BCUT2D eigenvalue weighted by atomic mass is 9.76. The topological polar surface area (TPSA) is 86.5 Å². The minimum absolute atomic E-state index is 0.195.